The Kier molecular flexibility index (Phi) is 7.54. The molecule has 1 atom stereocenters. The Hall–Kier alpha value is -4.07. The van der Waals surface area contributed by atoms with Crippen LogP contribution < -0.4 is 4.74 Å². The van der Waals surface area contributed by atoms with Crippen molar-refractivity contribution in [2.24, 2.45) is 0 Å². The van der Waals surface area contributed by atoms with Crippen molar-refractivity contribution in [2.45, 2.75) is 19.1 Å². The molecule has 9 nitrogen and oxygen atoms in total. The highest BCUT2D eigenvalue weighted by Crippen LogP contribution is 2.31. The maximum Gasteiger partial charge on any atom is 0.409 e. The molecule has 188 valence electrons. The van der Waals surface area contributed by atoms with Crippen LogP contribution in [0.1, 0.15) is 27.7 Å². The van der Waals surface area contributed by atoms with Gasteiger partial charge >= 0.3 is 12.1 Å². The first-order chi connectivity index (χ1) is 18.1. The number of nitrogens with zero attached hydrogens (tertiary/aromatic N) is 6. The lowest BCUT2D eigenvalue weighted by atomic mass is 10.1. The lowest BCUT2D eigenvalue weighted by Gasteiger charge is -2.33. The SMILES string of the molecule is COC(=O)N1CCN(Cc2ccc(COc3nccc(C(C#N)c4nc5ccccc5s4)n3)cc2)CC1. The monoisotopic (exact) mass is 514 g/mol. The summed E-state index contributed by atoms with van der Waals surface area (Å²) in [6.07, 6.45) is 1.34. The second-order valence-electron chi connectivity index (χ2n) is 8.68. The van der Waals surface area contributed by atoms with Crippen molar-refractivity contribution in [3.05, 3.63) is 82.6 Å². The minimum absolute atomic E-state index is 0.228. The highest BCUT2D eigenvalue weighted by atomic mass is 32.1. The fraction of sp³-hybridized carbons (Fsp3) is 0.296. The van der Waals surface area contributed by atoms with E-state index in [1.165, 1.54) is 24.0 Å². The molecular formula is C27H26N6O3S. The van der Waals surface area contributed by atoms with Crippen molar-refractivity contribution >= 4 is 27.6 Å². The van der Waals surface area contributed by atoms with Gasteiger partial charge in [-0.05, 0) is 29.3 Å². The summed E-state index contributed by atoms with van der Waals surface area (Å²) >= 11 is 1.50. The molecule has 0 N–H and O–H groups in total. The zero-order chi connectivity index (χ0) is 25.6. The molecule has 5 rings (SSSR count). The van der Waals surface area contributed by atoms with Gasteiger partial charge in [-0.1, -0.05) is 36.4 Å². The van der Waals surface area contributed by atoms with Gasteiger partial charge in [-0.3, -0.25) is 4.90 Å². The number of fused-ring (bicyclic) bond motifs is 1. The molecule has 0 saturated carbocycles. The predicted molar refractivity (Wildman–Crippen MR) is 139 cm³/mol. The number of ether oxygens (including phenoxy) is 2. The van der Waals surface area contributed by atoms with Crippen LogP contribution in [0, 0.1) is 11.3 Å². The van der Waals surface area contributed by atoms with E-state index < -0.39 is 5.92 Å². The Morgan fingerprint density at radius 3 is 2.54 bits per heavy atom. The molecule has 1 aliphatic rings. The maximum absolute atomic E-state index is 11.6. The number of hydrogen-bond acceptors (Lipinski definition) is 9. The molecule has 0 bridgehead atoms. The van der Waals surface area contributed by atoms with Gasteiger partial charge in [0.1, 0.15) is 17.5 Å². The molecule has 10 heteroatoms. The van der Waals surface area contributed by atoms with Gasteiger partial charge in [0.2, 0.25) is 0 Å². The smallest absolute Gasteiger partial charge is 0.409 e. The molecule has 1 saturated heterocycles. The van der Waals surface area contributed by atoms with Crippen LogP contribution in [-0.4, -0.2) is 64.1 Å². The summed E-state index contributed by atoms with van der Waals surface area (Å²) in [6, 6.07) is 20.3. The van der Waals surface area contributed by atoms with Gasteiger partial charge < -0.3 is 14.4 Å². The van der Waals surface area contributed by atoms with Crippen LogP contribution >= 0.6 is 11.3 Å². The number of thiazole rings is 1. The van der Waals surface area contributed by atoms with Crippen molar-refractivity contribution < 1.29 is 14.3 Å². The van der Waals surface area contributed by atoms with Crippen molar-refractivity contribution in [1.82, 2.24) is 24.8 Å². The molecule has 0 spiro atoms. The third-order valence-electron chi connectivity index (χ3n) is 6.24. The summed E-state index contributed by atoms with van der Waals surface area (Å²) in [6.45, 7) is 4.11. The van der Waals surface area contributed by atoms with E-state index in [0.29, 0.717) is 30.4 Å². The van der Waals surface area contributed by atoms with Gasteiger partial charge in [0.15, 0.2) is 0 Å². The Morgan fingerprint density at radius 2 is 1.81 bits per heavy atom. The highest BCUT2D eigenvalue weighted by molar-refractivity contribution is 7.18. The minimum atomic E-state index is -0.587. The van der Waals surface area contributed by atoms with Crippen LogP contribution in [-0.2, 0) is 17.9 Å². The fourth-order valence-corrected chi connectivity index (χ4v) is 5.24. The van der Waals surface area contributed by atoms with Gasteiger partial charge in [-0.25, -0.2) is 14.8 Å². The first-order valence-electron chi connectivity index (χ1n) is 12.0. The quantitative estimate of drug-likeness (QED) is 0.361. The summed E-state index contributed by atoms with van der Waals surface area (Å²) < 4.78 is 11.7. The van der Waals surface area contributed by atoms with Crippen molar-refractivity contribution in [3.63, 3.8) is 0 Å². The third kappa shape index (κ3) is 5.85. The zero-order valence-electron chi connectivity index (χ0n) is 20.4. The number of hydrogen-bond donors (Lipinski definition) is 0. The van der Waals surface area contributed by atoms with E-state index >= 15 is 0 Å². The Bertz CT molecular complexity index is 1380. The molecule has 4 aromatic rings. The van der Waals surface area contributed by atoms with E-state index in [1.54, 1.807) is 17.2 Å². The van der Waals surface area contributed by atoms with Crippen LogP contribution in [0.25, 0.3) is 10.2 Å². The summed E-state index contributed by atoms with van der Waals surface area (Å²) in [4.78, 5) is 29.0. The lowest BCUT2D eigenvalue weighted by molar-refractivity contribution is 0.0889. The lowest BCUT2D eigenvalue weighted by Crippen LogP contribution is -2.48. The fourth-order valence-electron chi connectivity index (χ4n) is 4.21. The van der Waals surface area contributed by atoms with Gasteiger partial charge in [0.25, 0.3) is 0 Å². The first kappa shape index (κ1) is 24.6. The number of methoxy groups -OCH3 is 1. The van der Waals surface area contributed by atoms with E-state index in [4.69, 9.17) is 9.47 Å². The van der Waals surface area contributed by atoms with E-state index in [1.807, 2.05) is 36.4 Å². The maximum atomic E-state index is 11.6. The summed E-state index contributed by atoms with van der Waals surface area (Å²) in [7, 11) is 1.41. The third-order valence-corrected chi connectivity index (χ3v) is 7.34. The van der Waals surface area contributed by atoms with Gasteiger partial charge in [0, 0.05) is 38.9 Å². The molecule has 1 unspecified atom stereocenters. The largest absolute Gasteiger partial charge is 0.459 e. The van der Waals surface area contributed by atoms with E-state index in [9.17, 15) is 10.1 Å². The molecule has 3 heterocycles. The molecule has 2 aromatic heterocycles. The average molecular weight is 515 g/mol. The van der Waals surface area contributed by atoms with Crippen LogP contribution in [0.5, 0.6) is 6.01 Å². The Labute approximate surface area is 218 Å². The zero-order valence-corrected chi connectivity index (χ0v) is 21.2. The van der Waals surface area contributed by atoms with E-state index in [0.717, 1.165) is 35.4 Å². The van der Waals surface area contributed by atoms with Crippen LogP contribution in [0.15, 0.2) is 60.8 Å². The minimum Gasteiger partial charge on any atom is -0.459 e. The molecule has 1 fully saturated rings. The summed E-state index contributed by atoms with van der Waals surface area (Å²) in [5.74, 6) is -0.587. The number of benzene rings is 2. The molecular weight excluding hydrogens is 488 g/mol. The number of aromatic nitrogens is 3. The van der Waals surface area contributed by atoms with Gasteiger partial charge in [-0.15, -0.1) is 11.3 Å². The number of carbonyl (C=O) groups excluding carboxylic acids is 1. The first-order valence-corrected chi connectivity index (χ1v) is 12.8. The summed E-state index contributed by atoms with van der Waals surface area (Å²) in [5.41, 5.74) is 3.63. The molecule has 0 aliphatic carbocycles. The Morgan fingerprint density at radius 1 is 1.05 bits per heavy atom. The topological polar surface area (TPSA) is 104 Å². The second-order valence-corrected chi connectivity index (χ2v) is 9.75. The highest BCUT2D eigenvalue weighted by Gasteiger charge is 2.22. The molecule has 1 aliphatic heterocycles. The molecule has 1 amide bonds. The Balaban J connectivity index is 1.17. The average Bonchev–Trinajstić information content (AvgIpc) is 3.37. The van der Waals surface area contributed by atoms with Crippen LogP contribution in [0.2, 0.25) is 0 Å². The molecule has 2 aromatic carbocycles. The van der Waals surface area contributed by atoms with E-state index in [-0.39, 0.29) is 12.1 Å². The second kappa shape index (κ2) is 11.3. The molecule has 0 radical (unpaired) electrons. The summed E-state index contributed by atoms with van der Waals surface area (Å²) in [5, 5.41) is 10.5. The van der Waals surface area contributed by atoms with Gasteiger partial charge in [-0.2, -0.15) is 10.2 Å². The molecule has 37 heavy (non-hydrogen) atoms. The number of rotatable bonds is 7. The number of carbonyl (C=O) groups is 1. The predicted octanol–water partition coefficient (Wildman–Crippen LogP) is 4.20. The van der Waals surface area contributed by atoms with Crippen molar-refractivity contribution in [3.8, 4) is 12.1 Å². The van der Waals surface area contributed by atoms with Gasteiger partial charge in [0.05, 0.1) is 29.1 Å². The number of amides is 1. The van der Waals surface area contributed by atoms with E-state index in [2.05, 4.69) is 38.1 Å². The van der Waals surface area contributed by atoms with Crippen LogP contribution in [0.3, 0.4) is 0 Å². The van der Waals surface area contributed by atoms with Crippen molar-refractivity contribution in [1.29, 1.82) is 5.26 Å². The van der Waals surface area contributed by atoms with Crippen LogP contribution in [0.4, 0.5) is 4.79 Å². The number of piperazine rings is 1. The normalized spacial score (nSPS) is 14.8. The number of para-hydroxylation sites is 1. The number of nitriles is 1. The van der Waals surface area contributed by atoms with Crippen molar-refractivity contribution in [2.75, 3.05) is 33.3 Å². The standard InChI is InChI=1S/C27H26N6O3S/c1-35-27(34)33-14-12-32(13-15-33)17-19-6-8-20(9-7-19)18-36-26-29-11-10-22(31-26)21(16-28)25-30-23-4-2-3-5-24(23)37-25/h2-11,21H,12-15,17-18H2,1H3.